The van der Waals surface area contributed by atoms with Crippen LogP contribution in [0.4, 0.5) is 5.69 Å². The Hall–Kier alpha value is -3.08. The van der Waals surface area contributed by atoms with Gasteiger partial charge in [0.25, 0.3) is 0 Å². The Labute approximate surface area is 183 Å². The van der Waals surface area contributed by atoms with Crippen molar-refractivity contribution < 1.29 is 19.1 Å². The molecule has 0 spiro atoms. The molecule has 1 aliphatic carbocycles. The number of hydrogen-bond donors (Lipinski definition) is 0. The lowest BCUT2D eigenvalue weighted by Crippen LogP contribution is -2.43. The summed E-state index contributed by atoms with van der Waals surface area (Å²) in [5, 5.41) is 0. The van der Waals surface area contributed by atoms with E-state index in [4.69, 9.17) is 9.47 Å². The second-order valence-electron chi connectivity index (χ2n) is 9.21. The lowest BCUT2D eigenvalue weighted by Gasteiger charge is -2.43. The van der Waals surface area contributed by atoms with Crippen molar-refractivity contribution in [3.63, 3.8) is 0 Å². The van der Waals surface area contributed by atoms with Gasteiger partial charge in [0.15, 0.2) is 5.78 Å². The molecule has 1 unspecified atom stereocenters. The first-order valence-corrected chi connectivity index (χ1v) is 10.6. The summed E-state index contributed by atoms with van der Waals surface area (Å²) in [6.45, 7) is 6.21. The van der Waals surface area contributed by atoms with Gasteiger partial charge < -0.3 is 9.47 Å². The third-order valence-corrected chi connectivity index (χ3v) is 6.30. The highest BCUT2D eigenvalue weighted by Gasteiger charge is 2.44. The number of carbonyl (C=O) groups excluding carboxylic acids is 2. The van der Waals surface area contributed by atoms with Crippen molar-refractivity contribution >= 4 is 17.4 Å². The van der Waals surface area contributed by atoms with Gasteiger partial charge in [-0.15, -0.1) is 0 Å². The number of nitrogens with zero attached hydrogens (tertiary/aromatic N) is 1. The minimum absolute atomic E-state index is 0.0205. The monoisotopic (exact) mass is 419 g/mol. The van der Waals surface area contributed by atoms with E-state index in [0.717, 1.165) is 22.4 Å². The number of aryl methyl sites for hydroxylation is 1. The predicted molar refractivity (Wildman–Crippen MR) is 121 cm³/mol. The van der Waals surface area contributed by atoms with E-state index in [-0.39, 0.29) is 29.4 Å². The predicted octanol–water partition coefficient (Wildman–Crippen LogP) is 5.18. The number of anilines is 1. The van der Waals surface area contributed by atoms with Gasteiger partial charge in [-0.1, -0.05) is 38.1 Å². The summed E-state index contributed by atoms with van der Waals surface area (Å²) in [6.07, 6.45) is 1.40. The largest absolute Gasteiger partial charge is 0.497 e. The number of hydrogen-bond acceptors (Lipinski definition) is 4. The molecule has 5 heteroatoms. The van der Waals surface area contributed by atoms with Crippen molar-refractivity contribution in [2.24, 2.45) is 5.41 Å². The molecular weight excluding hydrogens is 390 g/mol. The van der Waals surface area contributed by atoms with Crippen LogP contribution >= 0.6 is 0 Å². The van der Waals surface area contributed by atoms with E-state index in [1.54, 1.807) is 25.2 Å². The Bertz CT molecular complexity index is 1060. The van der Waals surface area contributed by atoms with Gasteiger partial charge in [0.1, 0.15) is 11.5 Å². The maximum Gasteiger partial charge on any atom is 0.232 e. The number of benzene rings is 2. The molecule has 162 valence electrons. The van der Waals surface area contributed by atoms with E-state index in [1.807, 2.05) is 43.3 Å². The van der Waals surface area contributed by atoms with E-state index in [2.05, 4.69) is 13.8 Å². The molecule has 1 aliphatic heterocycles. The molecule has 5 nitrogen and oxygen atoms in total. The van der Waals surface area contributed by atoms with E-state index in [0.29, 0.717) is 30.0 Å². The first kappa shape index (κ1) is 21.2. The Kier molecular flexibility index (Phi) is 5.38. The van der Waals surface area contributed by atoms with Gasteiger partial charge in [0, 0.05) is 48.2 Å². The number of ether oxygens (including phenoxy) is 2. The average molecular weight is 420 g/mol. The molecule has 4 rings (SSSR count). The molecule has 1 amide bonds. The summed E-state index contributed by atoms with van der Waals surface area (Å²) in [5.41, 5.74) is 4.18. The summed E-state index contributed by atoms with van der Waals surface area (Å²) >= 11 is 0. The Morgan fingerprint density at radius 3 is 2.23 bits per heavy atom. The standard InChI is InChI=1S/C26H29NO4/c1-16-8-6-7-9-20(16)21-13-24(29)27(17-10-18(30-4)12-19(11-17)31-5)22-14-26(2,3)15-23(28)25(21)22/h6-12,21H,13-15H2,1-5H3. The second kappa shape index (κ2) is 7.88. The van der Waals surface area contributed by atoms with Crippen LogP contribution in [0.5, 0.6) is 11.5 Å². The Balaban J connectivity index is 1.93. The van der Waals surface area contributed by atoms with Crippen molar-refractivity contribution in [2.75, 3.05) is 19.1 Å². The number of allylic oxidation sites excluding steroid dienone is 2. The molecule has 0 N–H and O–H groups in total. The van der Waals surface area contributed by atoms with Gasteiger partial charge in [-0.3, -0.25) is 14.5 Å². The van der Waals surface area contributed by atoms with Gasteiger partial charge >= 0.3 is 0 Å². The lowest BCUT2D eigenvalue weighted by molar-refractivity contribution is -0.121. The molecule has 0 fully saturated rings. The van der Waals surface area contributed by atoms with Gasteiger partial charge in [0.05, 0.1) is 19.9 Å². The zero-order valence-corrected chi connectivity index (χ0v) is 18.8. The maximum absolute atomic E-state index is 13.6. The number of Topliss-reactive ketones (excluding diaryl/α,β-unsaturated/α-hetero) is 1. The van der Waals surface area contributed by atoms with Crippen LogP contribution in [0.3, 0.4) is 0 Å². The minimum Gasteiger partial charge on any atom is -0.497 e. The van der Waals surface area contributed by atoms with Gasteiger partial charge in [-0.2, -0.15) is 0 Å². The molecule has 2 aliphatic rings. The minimum atomic E-state index is -0.217. The Morgan fingerprint density at radius 2 is 1.61 bits per heavy atom. The van der Waals surface area contributed by atoms with E-state index < -0.39 is 0 Å². The molecule has 0 saturated heterocycles. The van der Waals surface area contributed by atoms with E-state index in [9.17, 15) is 9.59 Å². The van der Waals surface area contributed by atoms with Crippen molar-refractivity contribution in [1.82, 2.24) is 0 Å². The SMILES string of the molecule is COc1cc(OC)cc(N2C(=O)CC(c3ccccc3C)C3=C2CC(C)(C)CC3=O)c1. The number of ketones is 1. The fourth-order valence-electron chi connectivity index (χ4n) is 4.88. The molecule has 2 aromatic carbocycles. The van der Waals surface area contributed by atoms with Gasteiger partial charge in [0.2, 0.25) is 5.91 Å². The molecule has 0 radical (unpaired) electrons. The smallest absolute Gasteiger partial charge is 0.232 e. The number of methoxy groups -OCH3 is 2. The molecule has 0 aromatic heterocycles. The quantitative estimate of drug-likeness (QED) is 0.686. The van der Waals surface area contributed by atoms with E-state index in [1.165, 1.54) is 0 Å². The molecule has 2 aromatic rings. The molecule has 0 bridgehead atoms. The topological polar surface area (TPSA) is 55.8 Å². The lowest BCUT2D eigenvalue weighted by atomic mass is 9.69. The van der Waals surface area contributed by atoms with Crippen LogP contribution in [0, 0.1) is 12.3 Å². The summed E-state index contributed by atoms with van der Waals surface area (Å²) in [6, 6.07) is 13.5. The summed E-state index contributed by atoms with van der Waals surface area (Å²) < 4.78 is 10.9. The van der Waals surface area contributed by atoms with Crippen molar-refractivity contribution in [3.8, 4) is 11.5 Å². The number of amides is 1. The highest BCUT2D eigenvalue weighted by atomic mass is 16.5. The molecule has 1 heterocycles. The zero-order valence-electron chi connectivity index (χ0n) is 18.8. The first-order chi connectivity index (χ1) is 14.7. The molecular formula is C26H29NO4. The van der Waals surface area contributed by atoms with Gasteiger partial charge in [-0.25, -0.2) is 0 Å². The molecule has 0 saturated carbocycles. The third kappa shape index (κ3) is 3.85. The molecule has 1 atom stereocenters. The number of rotatable bonds is 4. The normalized spacial score (nSPS) is 20.5. The maximum atomic E-state index is 13.6. The van der Waals surface area contributed by atoms with Crippen molar-refractivity contribution in [1.29, 1.82) is 0 Å². The summed E-state index contributed by atoms with van der Waals surface area (Å²) in [5.74, 6) is 1.11. The van der Waals surface area contributed by atoms with Crippen LogP contribution in [0.1, 0.15) is 50.2 Å². The van der Waals surface area contributed by atoms with Crippen molar-refractivity contribution in [2.45, 2.75) is 46.0 Å². The van der Waals surface area contributed by atoms with Crippen LogP contribution in [0.15, 0.2) is 53.7 Å². The second-order valence-corrected chi connectivity index (χ2v) is 9.21. The van der Waals surface area contributed by atoms with Crippen LogP contribution in [0.2, 0.25) is 0 Å². The summed E-state index contributed by atoms with van der Waals surface area (Å²) in [7, 11) is 3.17. The fraction of sp³-hybridized carbons (Fsp3) is 0.385. The first-order valence-electron chi connectivity index (χ1n) is 10.6. The fourth-order valence-corrected chi connectivity index (χ4v) is 4.88. The van der Waals surface area contributed by atoms with E-state index >= 15 is 0 Å². The summed E-state index contributed by atoms with van der Waals surface area (Å²) in [4.78, 5) is 28.7. The van der Waals surface area contributed by atoms with Crippen molar-refractivity contribution in [3.05, 3.63) is 64.9 Å². The van der Waals surface area contributed by atoms with Gasteiger partial charge in [-0.05, 0) is 29.9 Å². The number of carbonyl (C=O) groups is 2. The van der Waals surface area contributed by atoms with Crippen LogP contribution < -0.4 is 14.4 Å². The third-order valence-electron chi connectivity index (χ3n) is 6.30. The van der Waals surface area contributed by atoms with Crippen LogP contribution in [-0.2, 0) is 9.59 Å². The Morgan fingerprint density at radius 1 is 0.968 bits per heavy atom. The van der Waals surface area contributed by atoms with Crippen LogP contribution in [0.25, 0.3) is 0 Å². The zero-order chi connectivity index (χ0) is 22.3. The highest BCUT2D eigenvalue weighted by Crippen LogP contribution is 2.49. The highest BCUT2D eigenvalue weighted by molar-refractivity contribution is 6.08. The molecule has 31 heavy (non-hydrogen) atoms. The van der Waals surface area contributed by atoms with Crippen LogP contribution in [-0.4, -0.2) is 25.9 Å². The average Bonchev–Trinajstić information content (AvgIpc) is 2.72.